The number of imidazole rings is 1. The molecule has 6 nitrogen and oxygen atoms in total. The Morgan fingerprint density at radius 3 is 2.62 bits per heavy atom. The van der Waals surface area contributed by atoms with E-state index in [1.807, 2.05) is 12.3 Å². The highest BCUT2D eigenvalue weighted by Gasteiger charge is 2.50. The Balaban J connectivity index is 1.57. The zero-order valence-corrected chi connectivity index (χ0v) is 19.6. The quantitative estimate of drug-likeness (QED) is 0.747. The van der Waals surface area contributed by atoms with Crippen LogP contribution >= 0.6 is 0 Å². The van der Waals surface area contributed by atoms with Crippen molar-refractivity contribution in [3.63, 3.8) is 0 Å². The maximum atomic E-state index is 13.6. The van der Waals surface area contributed by atoms with E-state index >= 15 is 0 Å². The number of aromatic nitrogens is 2. The van der Waals surface area contributed by atoms with Crippen LogP contribution < -0.4 is 5.32 Å². The lowest BCUT2D eigenvalue weighted by Gasteiger charge is -2.48. The van der Waals surface area contributed by atoms with Gasteiger partial charge in [-0.1, -0.05) is 45.1 Å². The summed E-state index contributed by atoms with van der Waals surface area (Å²) >= 11 is 0. The highest BCUT2D eigenvalue weighted by atomic mass is 16.2. The average Bonchev–Trinajstić information content (AvgIpc) is 3.50. The molecule has 3 aliphatic rings. The van der Waals surface area contributed by atoms with E-state index < -0.39 is 5.54 Å². The van der Waals surface area contributed by atoms with Gasteiger partial charge in [0.05, 0.1) is 11.5 Å². The average molecular weight is 432 g/mol. The SMILES string of the molecule is CN1C(=N)N[C@](C)(c2ccc3ncc(C4CC4)n3c2)[C@@H](C2C=CC(C(C)(C)C)=CC2)C1=O. The predicted octanol–water partition coefficient (Wildman–Crippen LogP) is 4.59. The van der Waals surface area contributed by atoms with E-state index in [-0.39, 0.29) is 29.1 Å². The minimum atomic E-state index is -0.692. The Bertz CT molecular complexity index is 1160. The lowest BCUT2D eigenvalue weighted by atomic mass is 9.68. The smallest absolute Gasteiger partial charge is 0.235 e. The maximum Gasteiger partial charge on any atom is 0.235 e. The molecular formula is C26H33N5O. The summed E-state index contributed by atoms with van der Waals surface area (Å²) in [6.07, 6.45) is 14.0. The second-order valence-corrected chi connectivity index (χ2v) is 10.8. The molecule has 0 aromatic carbocycles. The van der Waals surface area contributed by atoms with Gasteiger partial charge in [0.1, 0.15) is 5.65 Å². The molecule has 2 fully saturated rings. The molecule has 2 aromatic rings. The Morgan fingerprint density at radius 1 is 1.25 bits per heavy atom. The summed E-state index contributed by atoms with van der Waals surface area (Å²) in [5.74, 6) is 0.458. The van der Waals surface area contributed by atoms with Gasteiger partial charge in [0.2, 0.25) is 5.91 Å². The van der Waals surface area contributed by atoms with Gasteiger partial charge in [0.15, 0.2) is 5.96 Å². The summed E-state index contributed by atoms with van der Waals surface area (Å²) in [6, 6.07) is 4.10. The number of nitrogens with zero attached hydrogens (tertiary/aromatic N) is 3. The largest absolute Gasteiger partial charge is 0.346 e. The fourth-order valence-electron chi connectivity index (χ4n) is 5.26. The molecule has 3 atom stereocenters. The first-order valence-corrected chi connectivity index (χ1v) is 11.6. The molecule has 0 radical (unpaired) electrons. The molecule has 0 bridgehead atoms. The molecule has 2 aromatic heterocycles. The molecule has 1 unspecified atom stereocenters. The molecule has 5 rings (SSSR count). The van der Waals surface area contributed by atoms with Crippen LogP contribution in [0.25, 0.3) is 5.65 Å². The number of guanidine groups is 1. The number of amides is 1. The molecule has 1 saturated carbocycles. The summed E-state index contributed by atoms with van der Waals surface area (Å²) in [5, 5.41) is 11.8. The molecular weight excluding hydrogens is 398 g/mol. The Hall–Kier alpha value is -2.89. The van der Waals surface area contributed by atoms with Crippen molar-refractivity contribution in [1.82, 2.24) is 19.6 Å². The second kappa shape index (κ2) is 7.06. The van der Waals surface area contributed by atoms with Gasteiger partial charge in [0, 0.05) is 31.1 Å². The van der Waals surface area contributed by atoms with Crippen LogP contribution in [0.5, 0.6) is 0 Å². The van der Waals surface area contributed by atoms with Crippen molar-refractivity contribution in [3.05, 3.63) is 59.6 Å². The number of allylic oxidation sites excluding steroid dienone is 4. The monoisotopic (exact) mass is 431 g/mol. The second-order valence-electron chi connectivity index (χ2n) is 10.8. The topological polar surface area (TPSA) is 73.5 Å². The molecule has 0 spiro atoms. The lowest BCUT2D eigenvalue weighted by Crippen LogP contribution is -2.65. The van der Waals surface area contributed by atoms with Crippen molar-refractivity contribution >= 4 is 17.5 Å². The number of hydrogen-bond acceptors (Lipinski definition) is 3. The number of nitrogens with one attached hydrogen (secondary N) is 2. The van der Waals surface area contributed by atoms with Gasteiger partial charge in [-0.15, -0.1) is 0 Å². The minimum Gasteiger partial charge on any atom is -0.346 e. The molecule has 6 heteroatoms. The fraction of sp³-hybridized carbons (Fsp3) is 0.500. The summed E-state index contributed by atoms with van der Waals surface area (Å²) in [4.78, 5) is 19.6. The van der Waals surface area contributed by atoms with E-state index in [9.17, 15) is 4.79 Å². The van der Waals surface area contributed by atoms with Crippen molar-refractivity contribution in [2.24, 2.45) is 17.3 Å². The third kappa shape index (κ3) is 3.28. The van der Waals surface area contributed by atoms with Crippen molar-refractivity contribution in [3.8, 4) is 0 Å². The van der Waals surface area contributed by atoms with Crippen LogP contribution in [0.15, 0.2) is 48.3 Å². The van der Waals surface area contributed by atoms with E-state index in [4.69, 9.17) is 5.41 Å². The fourth-order valence-corrected chi connectivity index (χ4v) is 5.26. The molecule has 168 valence electrons. The Labute approximate surface area is 189 Å². The van der Waals surface area contributed by atoms with Gasteiger partial charge < -0.3 is 9.72 Å². The van der Waals surface area contributed by atoms with Crippen LogP contribution in [-0.2, 0) is 10.3 Å². The van der Waals surface area contributed by atoms with E-state index in [1.165, 1.54) is 29.0 Å². The van der Waals surface area contributed by atoms with E-state index in [0.717, 1.165) is 17.6 Å². The molecule has 2 N–H and O–H groups in total. The lowest BCUT2D eigenvalue weighted by molar-refractivity contribution is -0.137. The van der Waals surface area contributed by atoms with Gasteiger partial charge in [-0.3, -0.25) is 15.1 Å². The van der Waals surface area contributed by atoms with Crippen molar-refractivity contribution in [1.29, 1.82) is 5.41 Å². The first-order valence-electron chi connectivity index (χ1n) is 11.6. The van der Waals surface area contributed by atoms with Gasteiger partial charge in [0.25, 0.3) is 0 Å². The summed E-state index contributed by atoms with van der Waals surface area (Å²) in [7, 11) is 1.69. The first kappa shape index (κ1) is 21.0. The van der Waals surface area contributed by atoms with Gasteiger partial charge >= 0.3 is 0 Å². The molecule has 3 heterocycles. The van der Waals surface area contributed by atoms with Crippen molar-refractivity contribution in [2.45, 2.75) is 58.4 Å². The summed E-state index contributed by atoms with van der Waals surface area (Å²) < 4.78 is 2.18. The first-order chi connectivity index (χ1) is 15.1. The number of fused-ring (bicyclic) bond motifs is 1. The zero-order valence-electron chi connectivity index (χ0n) is 19.6. The third-order valence-corrected chi connectivity index (χ3v) is 7.49. The van der Waals surface area contributed by atoms with Gasteiger partial charge in [-0.2, -0.15) is 0 Å². The van der Waals surface area contributed by atoms with Crippen molar-refractivity contribution < 1.29 is 4.79 Å². The standard InChI is InChI=1S/C26H33N5O/c1-25(2,3)18-10-8-17(9-11-18)22-23(32)30(5)24(27)29-26(22,4)19-12-13-21-28-14-20(16-6-7-16)31(21)15-19/h8,10-17,22H,6-7,9H2,1-5H3,(H2,27,29)/t17?,22-,26+/m0/s1. The number of pyridine rings is 1. The number of hydrogen-bond donors (Lipinski definition) is 2. The Morgan fingerprint density at radius 2 is 2.00 bits per heavy atom. The van der Waals surface area contributed by atoms with E-state index in [2.05, 4.69) is 72.9 Å². The highest BCUT2D eigenvalue weighted by Crippen LogP contribution is 2.44. The highest BCUT2D eigenvalue weighted by molar-refractivity contribution is 6.00. The summed E-state index contributed by atoms with van der Waals surface area (Å²) in [6.45, 7) is 8.72. The predicted molar refractivity (Wildman–Crippen MR) is 126 cm³/mol. The molecule has 1 saturated heterocycles. The Kier molecular flexibility index (Phi) is 4.63. The van der Waals surface area contributed by atoms with Crippen LogP contribution in [0, 0.1) is 22.7 Å². The minimum absolute atomic E-state index is 0.00773. The van der Waals surface area contributed by atoms with Crippen LogP contribution in [0.1, 0.15) is 64.1 Å². The molecule has 1 aliphatic heterocycles. The van der Waals surface area contributed by atoms with Crippen LogP contribution in [0.3, 0.4) is 0 Å². The zero-order chi connectivity index (χ0) is 22.8. The maximum absolute atomic E-state index is 13.6. The van der Waals surface area contributed by atoms with Gasteiger partial charge in [-0.25, -0.2) is 4.98 Å². The van der Waals surface area contributed by atoms with E-state index in [1.54, 1.807) is 7.05 Å². The van der Waals surface area contributed by atoms with E-state index in [0.29, 0.717) is 5.92 Å². The van der Waals surface area contributed by atoms with Crippen LogP contribution in [-0.4, -0.2) is 33.2 Å². The number of carbonyl (C=O) groups excluding carboxylic acids is 1. The third-order valence-electron chi connectivity index (χ3n) is 7.49. The van der Waals surface area contributed by atoms with Crippen LogP contribution in [0.2, 0.25) is 0 Å². The number of rotatable bonds is 3. The van der Waals surface area contributed by atoms with Crippen molar-refractivity contribution in [2.75, 3.05) is 7.05 Å². The van der Waals surface area contributed by atoms with Gasteiger partial charge in [-0.05, 0) is 54.7 Å². The summed E-state index contributed by atoms with van der Waals surface area (Å²) in [5.41, 5.74) is 3.89. The molecule has 2 aliphatic carbocycles. The molecule has 1 amide bonds. The normalized spacial score (nSPS) is 28.8. The molecule has 32 heavy (non-hydrogen) atoms. The van der Waals surface area contributed by atoms with Crippen LogP contribution in [0.4, 0.5) is 0 Å². The number of carbonyl (C=O) groups is 1.